The van der Waals surface area contributed by atoms with Crippen LogP contribution in [0.2, 0.25) is 0 Å². The van der Waals surface area contributed by atoms with Crippen molar-refractivity contribution >= 4 is 59.5 Å². The summed E-state index contributed by atoms with van der Waals surface area (Å²) in [5.74, 6) is -0.0943. The summed E-state index contributed by atoms with van der Waals surface area (Å²) in [4.78, 5) is 32.1. The molecule has 0 spiro atoms. The Hall–Kier alpha value is -3.00. The number of carbonyl (C=O) groups excluding carboxylic acids is 1. The first-order valence-electron chi connectivity index (χ1n) is 14.6. The Balaban J connectivity index is 0.00000212. The van der Waals surface area contributed by atoms with E-state index in [1.165, 1.54) is 17.9 Å². The van der Waals surface area contributed by atoms with E-state index in [4.69, 9.17) is 25.5 Å². The van der Waals surface area contributed by atoms with Gasteiger partial charge in [0, 0.05) is 43.3 Å². The number of nitrogens with zero attached hydrogens (tertiary/aromatic N) is 5. The van der Waals surface area contributed by atoms with Gasteiger partial charge in [0.25, 0.3) is 0 Å². The number of nitrogens with two attached hydrogens (primary N) is 1. The molecule has 3 aliphatic rings. The Morgan fingerprint density at radius 2 is 1.63 bits per heavy atom. The van der Waals surface area contributed by atoms with Crippen molar-refractivity contribution in [1.82, 2.24) is 24.6 Å². The van der Waals surface area contributed by atoms with Crippen molar-refractivity contribution in [1.29, 1.82) is 0 Å². The SMILES string of the molecule is Cl.Cl.NC1CCC(Nc2nc(NC3CCN(OC(=O)Nc4cc(F)ccc4F)CC3)c3ncn(C4CCCC4)c3n2)CC1. The van der Waals surface area contributed by atoms with E-state index >= 15 is 0 Å². The van der Waals surface area contributed by atoms with Crippen LogP contribution in [0.25, 0.3) is 11.2 Å². The molecule has 3 heterocycles. The van der Waals surface area contributed by atoms with Gasteiger partial charge in [-0.05, 0) is 63.5 Å². The summed E-state index contributed by atoms with van der Waals surface area (Å²) in [7, 11) is 0. The minimum absolute atomic E-state index is 0. The summed E-state index contributed by atoms with van der Waals surface area (Å²) >= 11 is 0. The second-order valence-electron chi connectivity index (χ2n) is 11.4. The lowest BCUT2D eigenvalue weighted by molar-refractivity contribution is -0.107. The number of hydrogen-bond donors (Lipinski definition) is 4. The first-order valence-corrected chi connectivity index (χ1v) is 14.6. The van der Waals surface area contributed by atoms with Crippen molar-refractivity contribution in [2.45, 2.75) is 88.4 Å². The Morgan fingerprint density at radius 1 is 0.930 bits per heavy atom. The molecule has 2 saturated carbocycles. The monoisotopic (exact) mass is 641 g/mol. The van der Waals surface area contributed by atoms with Crippen LogP contribution in [0, 0.1) is 11.6 Å². The van der Waals surface area contributed by atoms with Gasteiger partial charge in [-0.25, -0.2) is 18.6 Å². The van der Waals surface area contributed by atoms with Gasteiger partial charge in [-0.1, -0.05) is 12.8 Å². The van der Waals surface area contributed by atoms with Gasteiger partial charge in [0.05, 0.1) is 12.0 Å². The molecule has 1 saturated heterocycles. The van der Waals surface area contributed by atoms with E-state index < -0.39 is 17.7 Å². The normalized spacial score (nSPS) is 21.6. The maximum absolute atomic E-state index is 13.9. The predicted molar refractivity (Wildman–Crippen MR) is 166 cm³/mol. The van der Waals surface area contributed by atoms with Gasteiger partial charge in [0.15, 0.2) is 17.0 Å². The Morgan fingerprint density at radius 3 is 2.35 bits per heavy atom. The van der Waals surface area contributed by atoms with Crippen LogP contribution in [0.1, 0.15) is 70.3 Å². The van der Waals surface area contributed by atoms with Crippen molar-refractivity contribution in [3.63, 3.8) is 0 Å². The largest absolute Gasteiger partial charge is 0.430 e. The fourth-order valence-corrected chi connectivity index (χ4v) is 6.11. The molecule has 15 heteroatoms. The molecule has 11 nitrogen and oxygen atoms in total. The van der Waals surface area contributed by atoms with Crippen LogP contribution < -0.4 is 21.7 Å². The lowest BCUT2D eigenvalue weighted by Crippen LogP contribution is -2.41. The minimum Gasteiger partial charge on any atom is -0.365 e. The predicted octanol–water partition coefficient (Wildman–Crippen LogP) is 5.79. The van der Waals surface area contributed by atoms with Gasteiger partial charge in [-0.15, -0.1) is 29.9 Å². The number of piperidine rings is 1. The zero-order chi connectivity index (χ0) is 28.3. The van der Waals surface area contributed by atoms with E-state index in [2.05, 4.69) is 20.5 Å². The number of rotatable bonds is 7. The summed E-state index contributed by atoms with van der Waals surface area (Å²) in [6.45, 7) is 0.934. The van der Waals surface area contributed by atoms with Crippen molar-refractivity contribution in [2.75, 3.05) is 29.0 Å². The zero-order valence-electron chi connectivity index (χ0n) is 23.8. The summed E-state index contributed by atoms with van der Waals surface area (Å²) in [5.41, 5.74) is 7.43. The van der Waals surface area contributed by atoms with Crippen LogP contribution in [0.5, 0.6) is 0 Å². The number of anilines is 3. The Kier molecular flexibility index (Phi) is 11.2. The number of hydroxylamine groups is 2. The summed E-state index contributed by atoms with van der Waals surface area (Å²) in [6, 6.07) is 3.88. The average Bonchev–Trinajstić information content (AvgIpc) is 3.63. The van der Waals surface area contributed by atoms with Gasteiger partial charge in [-0.2, -0.15) is 9.97 Å². The number of amides is 1. The first kappa shape index (κ1) is 32.9. The van der Waals surface area contributed by atoms with E-state index in [-0.39, 0.29) is 48.6 Å². The molecule has 2 aromatic heterocycles. The number of carbonyl (C=O) groups is 1. The van der Waals surface area contributed by atoms with Crippen molar-refractivity contribution < 1.29 is 18.4 Å². The van der Waals surface area contributed by atoms with Crippen molar-refractivity contribution in [2.24, 2.45) is 5.73 Å². The van der Waals surface area contributed by atoms with Crippen LogP contribution in [0.15, 0.2) is 24.5 Å². The molecule has 0 unspecified atom stereocenters. The van der Waals surface area contributed by atoms with Gasteiger partial charge >= 0.3 is 6.09 Å². The lowest BCUT2D eigenvalue weighted by atomic mass is 9.92. The summed E-state index contributed by atoms with van der Waals surface area (Å²) in [6.07, 6.45) is 11.0. The van der Waals surface area contributed by atoms with Crippen molar-refractivity contribution in [3.05, 3.63) is 36.2 Å². The van der Waals surface area contributed by atoms with Crippen molar-refractivity contribution in [3.8, 4) is 0 Å². The molecule has 3 fully saturated rings. The molecule has 1 aliphatic heterocycles. The molecule has 236 valence electrons. The third kappa shape index (κ3) is 7.94. The molecular formula is C28H39Cl2F2N9O2. The highest BCUT2D eigenvalue weighted by atomic mass is 35.5. The molecular weight excluding hydrogens is 603 g/mol. The summed E-state index contributed by atoms with van der Waals surface area (Å²) < 4.78 is 29.5. The van der Waals surface area contributed by atoms with Crippen LogP contribution in [0.4, 0.5) is 31.0 Å². The van der Waals surface area contributed by atoms with Gasteiger partial charge in [0.1, 0.15) is 11.6 Å². The molecule has 3 aromatic rings. The number of hydrogen-bond acceptors (Lipinski definition) is 9. The first-order chi connectivity index (χ1) is 19.9. The fourth-order valence-electron chi connectivity index (χ4n) is 6.11. The molecule has 0 bridgehead atoms. The molecule has 1 aromatic carbocycles. The number of nitrogens with one attached hydrogen (secondary N) is 3. The second kappa shape index (κ2) is 14.7. The van der Waals surface area contributed by atoms with E-state index in [1.807, 2.05) is 6.33 Å². The maximum Gasteiger partial charge on any atom is 0.430 e. The quantitative estimate of drug-likeness (QED) is 0.253. The standard InChI is InChI=1S/C28H37F2N9O2.2ClH/c29-17-5-10-22(30)23(15-17)35-28(40)41-38-13-11-20(12-14-38)33-25-24-26(39(16-32-24)21-3-1-2-4-21)37-27(36-25)34-19-8-6-18(31)7-9-19;;/h5,10,15-16,18-21H,1-4,6-9,11-14,31H2,(H,35,40)(H2,33,34,36,37);2*1H. The van der Waals surface area contributed by atoms with Crippen LogP contribution >= 0.6 is 24.8 Å². The zero-order valence-corrected chi connectivity index (χ0v) is 25.4. The Labute approximate surface area is 261 Å². The number of imidazole rings is 1. The number of fused-ring (bicyclic) bond motifs is 1. The number of halogens is 4. The number of benzene rings is 1. The van der Waals surface area contributed by atoms with Crippen LogP contribution in [-0.2, 0) is 4.84 Å². The van der Waals surface area contributed by atoms with E-state index in [1.54, 1.807) is 0 Å². The topological polar surface area (TPSA) is 135 Å². The molecule has 43 heavy (non-hydrogen) atoms. The number of aromatic nitrogens is 4. The van der Waals surface area contributed by atoms with Gasteiger partial charge in [0.2, 0.25) is 5.95 Å². The molecule has 0 atom stereocenters. The summed E-state index contributed by atoms with van der Waals surface area (Å²) in [5, 5.41) is 10.9. The fraction of sp³-hybridized carbons (Fsp3) is 0.571. The highest BCUT2D eigenvalue weighted by Gasteiger charge is 2.27. The van der Waals surface area contributed by atoms with Crippen LogP contribution in [-0.4, -0.2) is 61.9 Å². The molecule has 0 radical (unpaired) electrons. The Bertz CT molecular complexity index is 1380. The highest BCUT2D eigenvalue weighted by molar-refractivity contribution is 5.86. The van der Waals surface area contributed by atoms with E-state index in [0.717, 1.165) is 67.9 Å². The smallest absolute Gasteiger partial charge is 0.365 e. The molecule has 5 N–H and O–H groups in total. The van der Waals surface area contributed by atoms with E-state index in [0.29, 0.717) is 43.7 Å². The maximum atomic E-state index is 13.9. The average molecular weight is 643 g/mol. The molecule has 2 aliphatic carbocycles. The van der Waals surface area contributed by atoms with Gasteiger partial charge < -0.3 is 25.8 Å². The minimum atomic E-state index is -0.866. The highest BCUT2D eigenvalue weighted by Crippen LogP contribution is 2.34. The second-order valence-corrected chi connectivity index (χ2v) is 11.4. The lowest BCUT2D eigenvalue weighted by Gasteiger charge is -2.31. The van der Waals surface area contributed by atoms with Crippen LogP contribution in [0.3, 0.4) is 0 Å². The molecule has 6 rings (SSSR count). The van der Waals surface area contributed by atoms with E-state index in [9.17, 15) is 13.6 Å². The van der Waals surface area contributed by atoms with Gasteiger partial charge in [-0.3, -0.25) is 5.32 Å². The molecule has 1 amide bonds. The third-order valence-corrected chi connectivity index (χ3v) is 8.42. The third-order valence-electron chi connectivity index (χ3n) is 8.42.